The van der Waals surface area contributed by atoms with Gasteiger partial charge in [-0.15, -0.1) is 0 Å². The Bertz CT molecular complexity index is 861. The molecule has 4 rings (SSSR count). The first-order valence-electron chi connectivity index (χ1n) is 8.49. The van der Waals surface area contributed by atoms with Crippen LogP contribution in [0, 0.1) is 5.92 Å². The van der Waals surface area contributed by atoms with Crippen LogP contribution < -0.4 is 4.74 Å². The van der Waals surface area contributed by atoms with Gasteiger partial charge in [-0.2, -0.15) is 0 Å². The molecule has 6 heteroatoms. The number of thioether (sulfide) groups is 1. The molecule has 0 aliphatic heterocycles. The van der Waals surface area contributed by atoms with E-state index in [0.717, 1.165) is 51.5 Å². The summed E-state index contributed by atoms with van der Waals surface area (Å²) in [5.41, 5.74) is 4.06. The van der Waals surface area contributed by atoms with Gasteiger partial charge in [-0.05, 0) is 37.0 Å². The van der Waals surface area contributed by atoms with Crippen LogP contribution in [0.5, 0.6) is 5.75 Å². The topological polar surface area (TPSA) is 60.0 Å². The summed E-state index contributed by atoms with van der Waals surface area (Å²) in [4.78, 5) is 12.6. The Kier molecular flexibility index (Phi) is 4.90. The monoisotopic (exact) mass is 355 g/mol. The Balaban J connectivity index is 1.49. The number of aromatic nitrogens is 3. The van der Waals surface area contributed by atoms with E-state index in [4.69, 9.17) is 14.5 Å². The third-order valence-electron chi connectivity index (χ3n) is 4.26. The van der Waals surface area contributed by atoms with E-state index in [1.807, 2.05) is 30.5 Å². The third kappa shape index (κ3) is 3.96. The first-order chi connectivity index (χ1) is 12.3. The number of nitrogens with zero attached hydrogens (tertiary/aromatic N) is 2. The van der Waals surface area contributed by atoms with Gasteiger partial charge in [-0.3, -0.25) is 4.98 Å². The standard InChI is InChI=1S/C19H21N3O2S/c1-23-11-14-4-3-9-20-16(14)12-25-19-21-15-5-2-6-17(18(15)22-19)24-10-13-7-8-13/h2-6,9,13H,7-8,10-12H2,1H3,(H,21,22). The van der Waals surface area contributed by atoms with Crippen molar-refractivity contribution in [3.63, 3.8) is 0 Å². The zero-order chi connectivity index (χ0) is 17.1. The molecule has 2 heterocycles. The van der Waals surface area contributed by atoms with E-state index < -0.39 is 0 Å². The summed E-state index contributed by atoms with van der Waals surface area (Å²) >= 11 is 1.64. The highest BCUT2D eigenvalue weighted by Gasteiger charge is 2.22. The molecule has 1 saturated carbocycles. The fraction of sp³-hybridized carbons (Fsp3) is 0.368. The van der Waals surface area contributed by atoms with Gasteiger partial charge < -0.3 is 14.5 Å². The maximum atomic E-state index is 5.95. The molecular formula is C19H21N3O2S. The second-order valence-electron chi connectivity index (χ2n) is 6.28. The van der Waals surface area contributed by atoms with Gasteiger partial charge in [-0.1, -0.05) is 23.9 Å². The van der Waals surface area contributed by atoms with Crippen molar-refractivity contribution in [2.24, 2.45) is 5.92 Å². The number of ether oxygens (including phenoxy) is 2. The first-order valence-corrected chi connectivity index (χ1v) is 9.48. The molecule has 1 N–H and O–H groups in total. The van der Waals surface area contributed by atoms with Crippen molar-refractivity contribution >= 4 is 22.8 Å². The Morgan fingerprint density at radius 2 is 2.16 bits per heavy atom. The molecule has 0 bridgehead atoms. The lowest BCUT2D eigenvalue weighted by atomic mass is 10.2. The third-order valence-corrected chi connectivity index (χ3v) is 5.14. The normalized spacial score (nSPS) is 14.1. The maximum Gasteiger partial charge on any atom is 0.166 e. The van der Waals surface area contributed by atoms with Crippen LogP contribution in [0.3, 0.4) is 0 Å². The van der Waals surface area contributed by atoms with Crippen molar-refractivity contribution in [1.82, 2.24) is 15.0 Å². The number of rotatable bonds is 8. The number of imidazole rings is 1. The molecule has 25 heavy (non-hydrogen) atoms. The van der Waals surface area contributed by atoms with Crippen LogP contribution in [0.25, 0.3) is 11.0 Å². The number of pyridine rings is 1. The summed E-state index contributed by atoms with van der Waals surface area (Å²) < 4.78 is 11.2. The van der Waals surface area contributed by atoms with Gasteiger partial charge in [0.15, 0.2) is 5.16 Å². The first kappa shape index (κ1) is 16.4. The predicted molar refractivity (Wildman–Crippen MR) is 98.8 cm³/mol. The van der Waals surface area contributed by atoms with Gasteiger partial charge in [0, 0.05) is 24.6 Å². The molecule has 0 radical (unpaired) electrons. The van der Waals surface area contributed by atoms with E-state index in [1.165, 1.54) is 12.8 Å². The zero-order valence-electron chi connectivity index (χ0n) is 14.2. The number of hydrogen-bond acceptors (Lipinski definition) is 5. The molecule has 0 atom stereocenters. The molecule has 3 aromatic rings. The van der Waals surface area contributed by atoms with Crippen molar-refractivity contribution in [3.8, 4) is 5.75 Å². The minimum absolute atomic E-state index is 0.572. The highest BCUT2D eigenvalue weighted by molar-refractivity contribution is 7.98. The minimum Gasteiger partial charge on any atom is -0.491 e. The number of methoxy groups -OCH3 is 1. The predicted octanol–water partition coefficient (Wildman–Crippen LogP) is 4.19. The number of para-hydroxylation sites is 1. The number of aromatic amines is 1. The lowest BCUT2D eigenvalue weighted by molar-refractivity contribution is 0.184. The molecule has 130 valence electrons. The summed E-state index contributed by atoms with van der Waals surface area (Å²) in [5.74, 6) is 2.34. The largest absolute Gasteiger partial charge is 0.491 e. The van der Waals surface area contributed by atoms with E-state index >= 15 is 0 Å². The molecular weight excluding hydrogens is 334 g/mol. The highest BCUT2D eigenvalue weighted by atomic mass is 32.2. The summed E-state index contributed by atoms with van der Waals surface area (Å²) in [5, 5.41) is 0.881. The Labute approximate surface area is 151 Å². The minimum atomic E-state index is 0.572. The van der Waals surface area contributed by atoms with Crippen molar-refractivity contribution < 1.29 is 9.47 Å². The van der Waals surface area contributed by atoms with E-state index in [9.17, 15) is 0 Å². The second kappa shape index (κ2) is 7.45. The van der Waals surface area contributed by atoms with Crippen LogP contribution in [0.2, 0.25) is 0 Å². The summed E-state index contributed by atoms with van der Waals surface area (Å²) in [7, 11) is 1.70. The lowest BCUT2D eigenvalue weighted by Crippen LogP contribution is -1.99. The van der Waals surface area contributed by atoms with Gasteiger partial charge >= 0.3 is 0 Å². The maximum absolute atomic E-state index is 5.95. The number of hydrogen-bond donors (Lipinski definition) is 1. The Morgan fingerprint density at radius 3 is 3.00 bits per heavy atom. The fourth-order valence-corrected chi connectivity index (χ4v) is 3.56. The summed E-state index contributed by atoms with van der Waals surface area (Å²) in [6, 6.07) is 10.0. The van der Waals surface area contributed by atoms with Crippen LogP contribution >= 0.6 is 11.8 Å². The average molecular weight is 355 g/mol. The fourth-order valence-electron chi connectivity index (χ4n) is 2.69. The molecule has 0 spiro atoms. The molecule has 1 fully saturated rings. The molecule has 0 amide bonds. The van der Waals surface area contributed by atoms with E-state index in [1.54, 1.807) is 18.9 Å². The van der Waals surface area contributed by atoms with Crippen molar-refractivity contribution in [2.45, 2.75) is 30.4 Å². The summed E-state index contributed by atoms with van der Waals surface area (Å²) in [6.07, 6.45) is 4.38. The van der Waals surface area contributed by atoms with Gasteiger partial charge in [0.05, 0.1) is 24.4 Å². The zero-order valence-corrected chi connectivity index (χ0v) is 15.0. The van der Waals surface area contributed by atoms with E-state index in [2.05, 4.69) is 16.0 Å². The van der Waals surface area contributed by atoms with Crippen LogP contribution in [-0.2, 0) is 17.1 Å². The van der Waals surface area contributed by atoms with Gasteiger partial charge in [0.1, 0.15) is 11.3 Å². The number of H-pyrrole nitrogens is 1. The number of benzene rings is 1. The van der Waals surface area contributed by atoms with Crippen molar-refractivity contribution in [1.29, 1.82) is 0 Å². The quantitative estimate of drug-likeness (QED) is 0.614. The molecule has 1 aliphatic rings. The summed E-state index contributed by atoms with van der Waals surface area (Å²) in [6.45, 7) is 1.37. The van der Waals surface area contributed by atoms with Crippen LogP contribution in [-0.4, -0.2) is 28.7 Å². The van der Waals surface area contributed by atoms with E-state index in [0.29, 0.717) is 6.61 Å². The molecule has 5 nitrogen and oxygen atoms in total. The molecule has 2 aromatic heterocycles. The van der Waals surface area contributed by atoms with Crippen LogP contribution in [0.15, 0.2) is 41.7 Å². The van der Waals surface area contributed by atoms with Crippen LogP contribution in [0.1, 0.15) is 24.1 Å². The number of fused-ring (bicyclic) bond motifs is 1. The van der Waals surface area contributed by atoms with Gasteiger partial charge in [-0.25, -0.2) is 4.98 Å². The van der Waals surface area contributed by atoms with Crippen molar-refractivity contribution in [2.75, 3.05) is 13.7 Å². The second-order valence-corrected chi connectivity index (χ2v) is 7.24. The average Bonchev–Trinajstić information content (AvgIpc) is 3.36. The van der Waals surface area contributed by atoms with E-state index in [-0.39, 0.29) is 0 Å². The van der Waals surface area contributed by atoms with Gasteiger partial charge in [0.2, 0.25) is 0 Å². The highest BCUT2D eigenvalue weighted by Crippen LogP contribution is 2.32. The Hall–Kier alpha value is -2.05. The van der Waals surface area contributed by atoms with Crippen molar-refractivity contribution in [3.05, 3.63) is 47.8 Å². The SMILES string of the molecule is COCc1cccnc1CSc1nc2c(OCC3CC3)cccc2[nH]1. The molecule has 0 unspecified atom stereocenters. The lowest BCUT2D eigenvalue weighted by Gasteiger charge is -2.06. The van der Waals surface area contributed by atoms with Gasteiger partial charge in [0.25, 0.3) is 0 Å². The molecule has 0 saturated heterocycles. The number of nitrogens with one attached hydrogen (secondary N) is 1. The molecule has 1 aliphatic carbocycles. The molecule has 1 aromatic carbocycles. The smallest absolute Gasteiger partial charge is 0.166 e. The van der Waals surface area contributed by atoms with Crippen LogP contribution in [0.4, 0.5) is 0 Å². The Morgan fingerprint density at radius 1 is 1.24 bits per heavy atom.